The van der Waals surface area contributed by atoms with Crippen LogP contribution in [0.2, 0.25) is 0 Å². The van der Waals surface area contributed by atoms with E-state index in [4.69, 9.17) is 10.2 Å². The SMILES string of the molecule is CN(CC1CC(N)C1)c1ccc2[nH]c(=O)oc2c1. The van der Waals surface area contributed by atoms with Crippen LogP contribution in [0.4, 0.5) is 5.69 Å². The summed E-state index contributed by atoms with van der Waals surface area (Å²) < 4.78 is 5.06. The molecule has 3 N–H and O–H groups in total. The lowest BCUT2D eigenvalue weighted by Crippen LogP contribution is -2.41. The van der Waals surface area contributed by atoms with Crippen molar-refractivity contribution in [1.29, 1.82) is 0 Å². The van der Waals surface area contributed by atoms with Crippen molar-refractivity contribution in [3.63, 3.8) is 0 Å². The van der Waals surface area contributed by atoms with Gasteiger partial charge in [0.1, 0.15) is 0 Å². The van der Waals surface area contributed by atoms with Gasteiger partial charge in [-0.1, -0.05) is 0 Å². The molecule has 0 aliphatic heterocycles. The van der Waals surface area contributed by atoms with Crippen LogP contribution < -0.4 is 16.4 Å². The number of H-pyrrole nitrogens is 1. The normalized spacial score (nSPS) is 23.0. The molecule has 0 amide bonds. The molecule has 1 aromatic heterocycles. The summed E-state index contributed by atoms with van der Waals surface area (Å²) >= 11 is 0. The zero-order valence-electron chi connectivity index (χ0n) is 10.3. The largest absolute Gasteiger partial charge is 0.417 e. The van der Waals surface area contributed by atoms with E-state index >= 15 is 0 Å². The van der Waals surface area contributed by atoms with Crippen LogP contribution in [0, 0.1) is 5.92 Å². The monoisotopic (exact) mass is 247 g/mol. The number of nitrogens with zero attached hydrogens (tertiary/aromatic N) is 1. The van der Waals surface area contributed by atoms with E-state index in [0.29, 0.717) is 17.5 Å². The summed E-state index contributed by atoms with van der Waals surface area (Å²) in [6, 6.07) is 6.14. The lowest BCUT2D eigenvalue weighted by molar-refractivity contribution is 0.271. The van der Waals surface area contributed by atoms with Gasteiger partial charge in [0.15, 0.2) is 5.58 Å². The molecule has 1 aromatic carbocycles. The first-order valence-electron chi connectivity index (χ1n) is 6.21. The fourth-order valence-corrected chi connectivity index (χ4v) is 2.60. The Hall–Kier alpha value is -1.75. The zero-order chi connectivity index (χ0) is 12.7. The Morgan fingerprint density at radius 2 is 2.28 bits per heavy atom. The van der Waals surface area contributed by atoms with Gasteiger partial charge >= 0.3 is 5.76 Å². The summed E-state index contributed by atoms with van der Waals surface area (Å²) in [5, 5.41) is 0. The molecule has 2 aromatic rings. The highest BCUT2D eigenvalue weighted by Crippen LogP contribution is 2.28. The minimum Gasteiger partial charge on any atom is -0.408 e. The zero-order valence-corrected chi connectivity index (χ0v) is 10.3. The van der Waals surface area contributed by atoms with Gasteiger partial charge in [-0.15, -0.1) is 0 Å². The van der Waals surface area contributed by atoms with Crippen molar-refractivity contribution in [2.75, 3.05) is 18.5 Å². The first kappa shape index (κ1) is 11.3. The summed E-state index contributed by atoms with van der Waals surface area (Å²) in [7, 11) is 2.05. The Balaban J connectivity index is 1.78. The summed E-state index contributed by atoms with van der Waals surface area (Å²) in [4.78, 5) is 15.9. The van der Waals surface area contributed by atoms with E-state index in [0.717, 1.165) is 30.6 Å². The second-order valence-corrected chi connectivity index (χ2v) is 5.17. The molecule has 96 valence electrons. The number of anilines is 1. The third-order valence-electron chi connectivity index (χ3n) is 3.65. The lowest BCUT2D eigenvalue weighted by Gasteiger charge is -2.36. The van der Waals surface area contributed by atoms with Crippen LogP contribution in [0.25, 0.3) is 11.1 Å². The number of nitrogens with one attached hydrogen (secondary N) is 1. The van der Waals surface area contributed by atoms with Crippen molar-refractivity contribution < 1.29 is 4.42 Å². The number of fused-ring (bicyclic) bond motifs is 1. The molecule has 0 radical (unpaired) electrons. The van der Waals surface area contributed by atoms with Crippen molar-refractivity contribution in [2.45, 2.75) is 18.9 Å². The van der Waals surface area contributed by atoms with Crippen LogP contribution in [-0.4, -0.2) is 24.6 Å². The van der Waals surface area contributed by atoms with E-state index in [-0.39, 0.29) is 0 Å². The highest BCUT2D eigenvalue weighted by molar-refractivity contribution is 5.76. The van der Waals surface area contributed by atoms with E-state index < -0.39 is 5.76 Å². The average molecular weight is 247 g/mol. The van der Waals surface area contributed by atoms with E-state index in [1.165, 1.54) is 0 Å². The molecule has 0 saturated heterocycles. The van der Waals surface area contributed by atoms with Gasteiger partial charge in [-0.2, -0.15) is 0 Å². The van der Waals surface area contributed by atoms with Gasteiger partial charge in [-0.3, -0.25) is 4.98 Å². The topological polar surface area (TPSA) is 75.3 Å². The van der Waals surface area contributed by atoms with Crippen molar-refractivity contribution >= 4 is 16.8 Å². The molecule has 18 heavy (non-hydrogen) atoms. The second-order valence-electron chi connectivity index (χ2n) is 5.17. The van der Waals surface area contributed by atoms with Crippen LogP contribution in [0.5, 0.6) is 0 Å². The number of aromatic nitrogens is 1. The van der Waals surface area contributed by atoms with E-state index in [2.05, 4.69) is 16.9 Å². The van der Waals surface area contributed by atoms with Gasteiger partial charge in [0, 0.05) is 31.4 Å². The third kappa shape index (κ3) is 2.01. The third-order valence-corrected chi connectivity index (χ3v) is 3.65. The molecule has 1 aliphatic carbocycles. The number of rotatable bonds is 3. The highest BCUT2D eigenvalue weighted by Gasteiger charge is 2.26. The number of oxazole rings is 1. The van der Waals surface area contributed by atoms with Crippen molar-refractivity contribution in [1.82, 2.24) is 4.98 Å². The average Bonchev–Trinajstić information content (AvgIpc) is 2.65. The van der Waals surface area contributed by atoms with E-state index in [1.54, 1.807) is 0 Å². The molecule has 0 bridgehead atoms. The van der Waals surface area contributed by atoms with Crippen LogP contribution in [0.3, 0.4) is 0 Å². The second kappa shape index (κ2) is 4.17. The molecular weight excluding hydrogens is 230 g/mol. The fraction of sp³-hybridized carbons (Fsp3) is 0.462. The van der Waals surface area contributed by atoms with Crippen LogP contribution >= 0.6 is 0 Å². The summed E-state index contributed by atoms with van der Waals surface area (Å²) in [5.41, 5.74) is 8.19. The fourth-order valence-electron chi connectivity index (χ4n) is 2.60. The molecular formula is C13H17N3O2. The van der Waals surface area contributed by atoms with Crippen molar-refractivity contribution in [3.8, 4) is 0 Å². The van der Waals surface area contributed by atoms with Gasteiger partial charge < -0.3 is 15.1 Å². The maximum Gasteiger partial charge on any atom is 0.417 e. The minimum absolute atomic E-state index is 0.383. The van der Waals surface area contributed by atoms with Crippen LogP contribution in [0.15, 0.2) is 27.4 Å². The van der Waals surface area contributed by atoms with Crippen LogP contribution in [-0.2, 0) is 0 Å². The van der Waals surface area contributed by atoms with Crippen molar-refractivity contribution in [2.24, 2.45) is 11.7 Å². The number of hydrogen-bond acceptors (Lipinski definition) is 4. The molecule has 0 atom stereocenters. The highest BCUT2D eigenvalue weighted by atomic mass is 16.4. The molecule has 3 rings (SSSR count). The summed E-state index contributed by atoms with van der Waals surface area (Å²) in [5.74, 6) is 0.272. The number of aromatic amines is 1. The Kier molecular flexibility index (Phi) is 2.63. The molecule has 1 saturated carbocycles. The first-order valence-corrected chi connectivity index (χ1v) is 6.21. The Labute approximate surface area is 105 Å². The van der Waals surface area contributed by atoms with Gasteiger partial charge in [-0.05, 0) is 30.9 Å². The molecule has 1 heterocycles. The Morgan fingerprint density at radius 1 is 1.50 bits per heavy atom. The molecule has 1 fully saturated rings. The maximum absolute atomic E-state index is 11.1. The molecule has 5 heteroatoms. The van der Waals surface area contributed by atoms with Crippen LogP contribution in [0.1, 0.15) is 12.8 Å². The van der Waals surface area contributed by atoms with Crippen molar-refractivity contribution in [3.05, 3.63) is 28.7 Å². The Bertz CT molecular complexity index is 610. The number of benzene rings is 1. The Morgan fingerprint density at radius 3 is 3.00 bits per heavy atom. The number of hydrogen-bond donors (Lipinski definition) is 2. The van der Waals surface area contributed by atoms with E-state index in [1.807, 2.05) is 18.2 Å². The van der Waals surface area contributed by atoms with Gasteiger partial charge in [0.05, 0.1) is 5.52 Å². The smallest absolute Gasteiger partial charge is 0.408 e. The number of nitrogens with two attached hydrogens (primary N) is 1. The first-order chi connectivity index (χ1) is 8.61. The molecule has 1 aliphatic rings. The maximum atomic E-state index is 11.1. The predicted molar refractivity (Wildman–Crippen MR) is 70.8 cm³/mol. The summed E-state index contributed by atoms with van der Waals surface area (Å²) in [6.07, 6.45) is 2.21. The van der Waals surface area contributed by atoms with Gasteiger partial charge in [0.2, 0.25) is 0 Å². The predicted octanol–water partition coefficient (Wildman–Crippen LogP) is 1.29. The molecule has 5 nitrogen and oxygen atoms in total. The standard InChI is InChI=1S/C13H17N3O2/c1-16(7-8-4-9(14)5-8)10-2-3-11-12(6-10)18-13(17)15-11/h2-3,6,8-9H,4-5,7,14H2,1H3,(H,15,17). The molecule has 0 unspecified atom stereocenters. The summed E-state index contributed by atoms with van der Waals surface area (Å²) in [6.45, 7) is 0.994. The molecule has 0 spiro atoms. The quantitative estimate of drug-likeness (QED) is 0.857. The minimum atomic E-state index is -0.408. The van der Waals surface area contributed by atoms with Gasteiger partial charge in [0.25, 0.3) is 0 Å². The van der Waals surface area contributed by atoms with E-state index in [9.17, 15) is 4.79 Å². The van der Waals surface area contributed by atoms with Gasteiger partial charge in [-0.25, -0.2) is 4.79 Å². The lowest BCUT2D eigenvalue weighted by atomic mass is 9.80.